The summed E-state index contributed by atoms with van der Waals surface area (Å²) >= 11 is 0. The number of halogens is 4. The van der Waals surface area contributed by atoms with Gasteiger partial charge in [0.2, 0.25) is 6.39 Å². The number of rotatable bonds is 5. The molecule has 1 aliphatic heterocycles. The molecule has 39 heavy (non-hydrogen) atoms. The summed E-state index contributed by atoms with van der Waals surface area (Å²) in [6.45, 7) is 7.95. The van der Waals surface area contributed by atoms with Crippen molar-refractivity contribution in [3.8, 4) is 11.3 Å². The number of nitrogens with zero attached hydrogens (tertiary/aromatic N) is 6. The van der Waals surface area contributed by atoms with Crippen molar-refractivity contribution in [2.45, 2.75) is 39.6 Å². The molecular weight excluding hydrogens is 539 g/mol. The van der Waals surface area contributed by atoms with Crippen molar-refractivity contribution in [3.63, 3.8) is 0 Å². The molecule has 1 aromatic carbocycles. The molecule has 0 bridgehead atoms. The first-order valence-corrected chi connectivity index (χ1v) is 12.0. The maximum Gasteiger partial charge on any atom is 0.416 e. The molecule has 4 heterocycles. The summed E-state index contributed by atoms with van der Waals surface area (Å²) in [6, 6.07) is 5.79. The fraction of sp³-hybridized carbons (Fsp3) is 0.400. The van der Waals surface area contributed by atoms with Gasteiger partial charge in [0.05, 0.1) is 41.4 Å². The summed E-state index contributed by atoms with van der Waals surface area (Å²) < 4.78 is 54.2. The first-order chi connectivity index (χ1) is 18.0. The molecule has 0 radical (unpaired) electrons. The van der Waals surface area contributed by atoms with Crippen LogP contribution in [0.5, 0.6) is 0 Å². The number of hydrogen-bond acceptors (Lipinski definition) is 8. The zero-order valence-corrected chi connectivity index (χ0v) is 22.2. The molecule has 4 aromatic rings. The van der Waals surface area contributed by atoms with Crippen LogP contribution in [0.4, 0.5) is 18.9 Å². The highest BCUT2D eigenvalue weighted by Crippen LogP contribution is 2.36. The minimum Gasteiger partial charge on any atom is -0.374 e. The van der Waals surface area contributed by atoms with Gasteiger partial charge in [-0.15, -0.1) is 12.4 Å². The summed E-state index contributed by atoms with van der Waals surface area (Å²) in [5, 5.41) is 10.0. The lowest BCUT2D eigenvalue weighted by Crippen LogP contribution is -2.48. The number of amides is 1. The molecule has 208 valence electrons. The molecule has 1 unspecified atom stereocenters. The summed E-state index contributed by atoms with van der Waals surface area (Å²) in [7, 11) is 0. The van der Waals surface area contributed by atoms with Crippen LogP contribution in [0.1, 0.15) is 42.5 Å². The van der Waals surface area contributed by atoms with E-state index in [9.17, 15) is 18.0 Å². The fourth-order valence-corrected chi connectivity index (χ4v) is 4.39. The lowest BCUT2D eigenvalue weighted by molar-refractivity contribution is -0.138. The Morgan fingerprint density at radius 3 is 2.67 bits per heavy atom. The van der Waals surface area contributed by atoms with Crippen LogP contribution in [-0.4, -0.2) is 56.4 Å². The number of nitrogens with one attached hydrogen (secondary N) is 1. The number of alkyl halides is 3. The van der Waals surface area contributed by atoms with E-state index >= 15 is 0 Å². The second-order valence-electron chi connectivity index (χ2n) is 10.1. The van der Waals surface area contributed by atoms with E-state index in [1.165, 1.54) is 12.4 Å². The van der Waals surface area contributed by atoms with Crippen LogP contribution in [0.15, 0.2) is 47.7 Å². The molecule has 1 amide bonds. The first kappa shape index (κ1) is 28.3. The number of anilines is 1. The van der Waals surface area contributed by atoms with Crippen LogP contribution >= 0.6 is 12.4 Å². The highest BCUT2D eigenvalue weighted by atomic mass is 35.5. The third-order valence-electron chi connectivity index (χ3n) is 6.48. The van der Waals surface area contributed by atoms with E-state index in [0.717, 1.165) is 18.1 Å². The quantitative estimate of drug-likeness (QED) is 0.379. The van der Waals surface area contributed by atoms with Gasteiger partial charge in [-0.05, 0) is 23.1 Å². The predicted octanol–water partition coefficient (Wildman–Crippen LogP) is 4.40. The van der Waals surface area contributed by atoms with Crippen molar-refractivity contribution >= 4 is 29.5 Å². The van der Waals surface area contributed by atoms with Gasteiger partial charge < -0.3 is 19.5 Å². The van der Waals surface area contributed by atoms with E-state index in [-0.39, 0.29) is 47.4 Å². The van der Waals surface area contributed by atoms with Crippen molar-refractivity contribution in [2.24, 2.45) is 5.41 Å². The van der Waals surface area contributed by atoms with Crippen LogP contribution in [-0.2, 0) is 17.5 Å². The minimum atomic E-state index is -4.66. The number of hydrogen-bond donors (Lipinski definition) is 1. The molecule has 1 saturated heterocycles. The molecule has 0 saturated carbocycles. The molecule has 3 aromatic heterocycles. The Kier molecular flexibility index (Phi) is 7.84. The van der Waals surface area contributed by atoms with Gasteiger partial charge in [0.1, 0.15) is 6.33 Å². The molecular formula is C25H27ClF3N7O3. The summed E-state index contributed by atoms with van der Waals surface area (Å²) in [6.07, 6.45) is -0.503. The van der Waals surface area contributed by atoms with E-state index in [0.29, 0.717) is 30.9 Å². The lowest BCUT2D eigenvalue weighted by Gasteiger charge is -2.40. The normalized spacial score (nSPS) is 16.3. The predicted molar refractivity (Wildman–Crippen MR) is 138 cm³/mol. The Labute approximate surface area is 227 Å². The average Bonchev–Trinajstić information content (AvgIpc) is 3.57. The second kappa shape index (κ2) is 10.8. The number of benzene rings is 1. The van der Waals surface area contributed by atoms with Crippen molar-refractivity contribution in [2.75, 3.05) is 24.6 Å². The van der Waals surface area contributed by atoms with Gasteiger partial charge >= 0.3 is 6.18 Å². The first-order valence-electron chi connectivity index (χ1n) is 12.0. The average molecular weight is 566 g/mol. The third-order valence-corrected chi connectivity index (χ3v) is 6.48. The van der Waals surface area contributed by atoms with Gasteiger partial charge in [0, 0.05) is 25.2 Å². The smallest absolute Gasteiger partial charge is 0.374 e. The standard InChI is InChI=1S/C25H26F3N7O3.ClH/c1-24(2,3)20-12-34(6-7-37-20)17-9-19-21(30-13-32-35(19)11-17)15-4-5-16(18(8-15)25(26,27)28)10-29-23(36)22-31-14-38-33-22;/h4-5,8-9,11,13-14,20H,6-7,10,12H2,1-3H3,(H,29,36);1H. The minimum absolute atomic E-state index is 0. The van der Waals surface area contributed by atoms with Gasteiger partial charge in [0.15, 0.2) is 0 Å². The molecule has 1 atom stereocenters. The van der Waals surface area contributed by atoms with Crippen molar-refractivity contribution in [1.82, 2.24) is 30.1 Å². The number of fused-ring (bicyclic) bond motifs is 1. The summed E-state index contributed by atoms with van der Waals surface area (Å²) in [5.41, 5.74) is 1.07. The monoisotopic (exact) mass is 565 g/mol. The second-order valence-corrected chi connectivity index (χ2v) is 10.1. The van der Waals surface area contributed by atoms with E-state index in [1.54, 1.807) is 10.6 Å². The zero-order valence-electron chi connectivity index (χ0n) is 21.4. The number of carbonyl (C=O) groups is 1. The van der Waals surface area contributed by atoms with E-state index in [4.69, 9.17) is 4.74 Å². The molecule has 1 aliphatic rings. The highest BCUT2D eigenvalue weighted by molar-refractivity contribution is 5.90. The van der Waals surface area contributed by atoms with Crippen molar-refractivity contribution < 1.29 is 27.2 Å². The Hall–Kier alpha value is -3.71. The van der Waals surface area contributed by atoms with Gasteiger partial charge in [-0.2, -0.15) is 23.3 Å². The van der Waals surface area contributed by atoms with E-state index in [1.807, 2.05) is 12.3 Å². The molecule has 0 spiro atoms. The number of aromatic nitrogens is 5. The zero-order chi connectivity index (χ0) is 27.1. The van der Waals surface area contributed by atoms with Crippen LogP contribution in [0, 0.1) is 5.41 Å². The largest absolute Gasteiger partial charge is 0.416 e. The maximum atomic E-state index is 14.0. The lowest BCUT2D eigenvalue weighted by atomic mass is 9.88. The molecule has 14 heteroatoms. The fourth-order valence-electron chi connectivity index (χ4n) is 4.39. The van der Waals surface area contributed by atoms with E-state index in [2.05, 4.69) is 55.7 Å². The highest BCUT2D eigenvalue weighted by Gasteiger charge is 2.34. The molecule has 1 fully saturated rings. The Morgan fingerprint density at radius 2 is 1.97 bits per heavy atom. The maximum absolute atomic E-state index is 14.0. The Bertz CT molecular complexity index is 1450. The third kappa shape index (κ3) is 5.98. The molecule has 0 aliphatic carbocycles. The van der Waals surface area contributed by atoms with E-state index < -0.39 is 17.6 Å². The topological polar surface area (TPSA) is 111 Å². The van der Waals surface area contributed by atoms with Gasteiger partial charge in [-0.25, -0.2) is 9.50 Å². The van der Waals surface area contributed by atoms with Crippen LogP contribution in [0.3, 0.4) is 0 Å². The molecule has 1 N–H and O–H groups in total. The summed E-state index contributed by atoms with van der Waals surface area (Å²) in [4.78, 5) is 22.2. The summed E-state index contributed by atoms with van der Waals surface area (Å²) in [5.74, 6) is -1.01. The molecule has 10 nitrogen and oxygen atoms in total. The van der Waals surface area contributed by atoms with Crippen molar-refractivity contribution in [1.29, 1.82) is 0 Å². The van der Waals surface area contributed by atoms with Crippen LogP contribution in [0.2, 0.25) is 0 Å². The van der Waals surface area contributed by atoms with Crippen molar-refractivity contribution in [3.05, 3.63) is 60.1 Å². The SMILES string of the molecule is CC(C)(C)C1CN(c2cc3c(-c4ccc(CNC(=O)c5ncon5)c(C(F)(F)F)c4)ncnn3c2)CCO1.Cl. The number of carbonyl (C=O) groups excluding carboxylic acids is 1. The number of ether oxygens (including phenoxy) is 1. The number of morpholine rings is 1. The Balaban J connectivity index is 0.00000353. The van der Waals surface area contributed by atoms with Gasteiger partial charge in [-0.3, -0.25) is 4.79 Å². The molecule has 5 rings (SSSR count). The van der Waals surface area contributed by atoms with Crippen LogP contribution < -0.4 is 10.2 Å². The van der Waals surface area contributed by atoms with Gasteiger partial charge in [0.25, 0.3) is 11.7 Å². The van der Waals surface area contributed by atoms with Crippen LogP contribution in [0.25, 0.3) is 16.8 Å². The Morgan fingerprint density at radius 1 is 1.18 bits per heavy atom. The van der Waals surface area contributed by atoms with Gasteiger partial charge in [-0.1, -0.05) is 38.1 Å².